The quantitative estimate of drug-likeness (QED) is 0.308. The fraction of sp³-hybridized carbons (Fsp3) is 0.345. The lowest BCUT2D eigenvalue weighted by Gasteiger charge is -2.40. The Morgan fingerprint density at radius 1 is 1.16 bits per heavy atom. The van der Waals surface area contributed by atoms with Crippen LogP contribution in [-0.4, -0.2) is 65.9 Å². The number of aromatic nitrogens is 1. The molecule has 2 heterocycles. The summed E-state index contributed by atoms with van der Waals surface area (Å²) in [4.78, 5) is 32.1. The van der Waals surface area contributed by atoms with Crippen LogP contribution in [0.15, 0.2) is 73.4 Å². The molecule has 1 saturated heterocycles. The van der Waals surface area contributed by atoms with Crippen LogP contribution in [0.25, 0.3) is 10.9 Å². The number of methoxy groups -OCH3 is 1. The molecular weight excluding hydrogens is 486 g/mol. The second-order valence-electron chi connectivity index (χ2n) is 9.26. The second kappa shape index (κ2) is 12.5. The molecule has 9 nitrogen and oxygen atoms in total. The van der Waals surface area contributed by atoms with Crippen LogP contribution in [0.1, 0.15) is 30.1 Å². The lowest BCUT2D eigenvalue weighted by atomic mass is 9.87. The zero-order valence-electron chi connectivity index (χ0n) is 21.5. The number of esters is 1. The van der Waals surface area contributed by atoms with Gasteiger partial charge >= 0.3 is 12.1 Å². The Kier molecular flexibility index (Phi) is 8.93. The van der Waals surface area contributed by atoms with Gasteiger partial charge in [-0.1, -0.05) is 43.0 Å². The number of aliphatic hydroxyl groups excluding tert-OH is 1. The number of fused-ring (bicyclic) bond motifs is 1. The van der Waals surface area contributed by atoms with E-state index in [0.29, 0.717) is 38.2 Å². The minimum Gasteiger partial charge on any atom is -0.497 e. The lowest BCUT2D eigenvalue weighted by molar-refractivity contribution is -0.152. The van der Waals surface area contributed by atoms with Crippen LogP contribution in [0.5, 0.6) is 5.75 Å². The van der Waals surface area contributed by atoms with Crippen LogP contribution in [0, 0.1) is 0 Å². The highest BCUT2D eigenvalue weighted by molar-refractivity contribution is 5.86. The standard InChI is InChI=1S/C29H33N3O6/c1-3-17-37-27(34)29(31-28(35)38-20-21-7-5-4-6-8-21)12-15-32(16-13-29)19-26(33)23-11-14-30-25-10-9-22(36-2)18-24(23)25/h3-11,14,18,26,33H,1,12-13,15-17,19-20H2,2H3,(H,31,35)/t26-/m0/s1. The molecule has 2 aromatic carbocycles. The Labute approximate surface area is 222 Å². The summed E-state index contributed by atoms with van der Waals surface area (Å²) in [6.45, 7) is 5.01. The maximum Gasteiger partial charge on any atom is 0.408 e. The number of amides is 1. The molecule has 4 rings (SSSR count). The predicted octanol–water partition coefficient (Wildman–Crippen LogP) is 3.77. The zero-order valence-corrected chi connectivity index (χ0v) is 21.5. The molecule has 0 bridgehead atoms. The summed E-state index contributed by atoms with van der Waals surface area (Å²) in [6, 6.07) is 16.7. The number of likely N-dealkylation sites (tertiary alicyclic amines) is 1. The number of piperidine rings is 1. The molecule has 0 unspecified atom stereocenters. The number of alkyl carbamates (subject to hydrolysis) is 1. The van der Waals surface area contributed by atoms with Crippen LogP contribution >= 0.6 is 0 Å². The van der Waals surface area contributed by atoms with Gasteiger partial charge in [0.1, 0.15) is 24.5 Å². The van der Waals surface area contributed by atoms with Gasteiger partial charge in [0.15, 0.2) is 0 Å². The Bertz CT molecular complexity index is 1260. The minimum atomic E-state index is -1.23. The van der Waals surface area contributed by atoms with E-state index in [1.165, 1.54) is 6.08 Å². The molecule has 1 amide bonds. The van der Waals surface area contributed by atoms with Crippen LogP contribution in [0.3, 0.4) is 0 Å². The number of hydrogen-bond donors (Lipinski definition) is 2. The Balaban J connectivity index is 1.41. The summed E-state index contributed by atoms with van der Waals surface area (Å²) in [5.41, 5.74) is 1.13. The first-order valence-corrected chi connectivity index (χ1v) is 12.5. The molecule has 9 heteroatoms. The van der Waals surface area contributed by atoms with Gasteiger partial charge in [0.25, 0.3) is 0 Å². The molecule has 200 valence electrons. The Morgan fingerprint density at radius 3 is 2.63 bits per heavy atom. The molecule has 0 spiro atoms. The van der Waals surface area contributed by atoms with Gasteiger partial charge in [-0.25, -0.2) is 9.59 Å². The third kappa shape index (κ3) is 6.48. The number of ether oxygens (including phenoxy) is 3. The molecule has 3 aromatic rings. The fourth-order valence-electron chi connectivity index (χ4n) is 4.63. The molecular formula is C29H33N3O6. The maximum atomic E-state index is 13.0. The van der Waals surface area contributed by atoms with Gasteiger partial charge in [-0.05, 0) is 48.2 Å². The molecule has 0 aliphatic carbocycles. The van der Waals surface area contributed by atoms with Crippen LogP contribution < -0.4 is 10.1 Å². The molecule has 1 fully saturated rings. The van der Waals surface area contributed by atoms with Crippen molar-refractivity contribution in [1.82, 2.24) is 15.2 Å². The van der Waals surface area contributed by atoms with Crippen molar-refractivity contribution >= 4 is 23.0 Å². The third-order valence-electron chi connectivity index (χ3n) is 6.76. The van der Waals surface area contributed by atoms with Crippen molar-refractivity contribution in [2.75, 3.05) is 33.4 Å². The fourth-order valence-corrected chi connectivity index (χ4v) is 4.63. The molecule has 1 aliphatic heterocycles. The number of carbonyl (C=O) groups is 2. The van der Waals surface area contributed by atoms with E-state index in [0.717, 1.165) is 22.0 Å². The van der Waals surface area contributed by atoms with Gasteiger partial charge in [-0.15, -0.1) is 0 Å². The number of nitrogens with zero attached hydrogens (tertiary/aromatic N) is 2. The normalized spacial score (nSPS) is 15.8. The minimum absolute atomic E-state index is 0.0440. The maximum absolute atomic E-state index is 13.0. The number of carbonyl (C=O) groups excluding carboxylic acids is 2. The summed E-state index contributed by atoms with van der Waals surface area (Å²) in [6.07, 6.45) is 2.31. The number of rotatable bonds is 10. The van der Waals surface area contributed by atoms with Crippen molar-refractivity contribution in [3.8, 4) is 5.75 Å². The van der Waals surface area contributed by atoms with E-state index in [9.17, 15) is 14.7 Å². The van der Waals surface area contributed by atoms with Gasteiger partial charge in [0.05, 0.1) is 18.7 Å². The van der Waals surface area contributed by atoms with Crippen molar-refractivity contribution in [1.29, 1.82) is 0 Å². The van der Waals surface area contributed by atoms with Gasteiger partial charge < -0.3 is 29.5 Å². The van der Waals surface area contributed by atoms with Gasteiger partial charge in [0.2, 0.25) is 0 Å². The molecule has 1 aromatic heterocycles. The molecule has 1 atom stereocenters. The van der Waals surface area contributed by atoms with Gasteiger partial charge in [-0.3, -0.25) is 4.98 Å². The van der Waals surface area contributed by atoms with E-state index < -0.39 is 23.7 Å². The van der Waals surface area contributed by atoms with Crippen LogP contribution in [-0.2, 0) is 20.9 Å². The highest BCUT2D eigenvalue weighted by Crippen LogP contribution is 2.30. The first-order valence-electron chi connectivity index (χ1n) is 12.5. The number of benzene rings is 2. The summed E-state index contributed by atoms with van der Waals surface area (Å²) in [5, 5.41) is 14.7. The zero-order chi connectivity index (χ0) is 27.0. The largest absolute Gasteiger partial charge is 0.497 e. The topological polar surface area (TPSA) is 110 Å². The van der Waals surface area contributed by atoms with Gasteiger partial charge in [0, 0.05) is 31.2 Å². The van der Waals surface area contributed by atoms with Crippen molar-refractivity contribution in [2.45, 2.75) is 31.1 Å². The van der Waals surface area contributed by atoms with E-state index in [1.54, 1.807) is 19.4 Å². The highest BCUT2D eigenvalue weighted by Gasteiger charge is 2.44. The lowest BCUT2D eigenvalue weighted by Crippen LogP contribution is -2.61. The third-order valence-corrected chi connectivity index (χ3v) is 6.76. The van der Waals surface area contributed by atoms with E-state index >= 15 is 0 Å². The van der Waals surface area contributed by atoms with Crippen LogP contribution in [0.4, 0.5) is 4.79 Å². The smallest absolute Gasteiger partial charge is 0.408 e. The molecule has 2 N–H and O–H groups in total. The number of aliphatic hydroxyl groups is 1. The van der Waals surface area contributed by atoms with E-state index in [-0.39, 0.29) is 13.2 Å². The molecule has 1 aliphatic rings. The summed E-state index contributed by atoms with van der Waals surface area (Å²) < 4.78 is 16.1. The molecule has 0 saturated carbocycles. The average Bonchev–Trinajstić information content (AvgIpc) is 2.95. The molecule has 0 radical (unpaired) electrons. The monoisotopic (exact) mass is 519 g/mol. The van der Waals surface area contributed by atoms with Crippen molar-refractivity contribution in [2.24, 2.45) is 0 Å². The van der Waals surface area contributed by atoms with E-state index in [4.69, 9.17) is 14.2 Å². The molecule has 38 heavy (non-hydrogen) atoms. The number of hydrogen-bond acceptors (Lipinski definition) is 8. The van der Waals surface area contributed by atoms with Crippen molar-refractivity contribution < 1.29 is 28.9 Å². The second-order valence-corrected chi connectivity index (χ2v) is 9.26. The van der Waals surface area contributed by atoms with Crippen molar-refractivity contribution in [3.63, 3.8) is 0 Å². The first kappa shape index (κ1) is 27.1. The summed E-state index contributed by atoms with van der Waals surface area (Å²) >= 11 is 0. The highest BCUT2D eigenvalue weighted by atomic mass is 16.6. The first-order chi connectivity index (χ1) is 18.4. The summed E-state index contributed by atoms with van der Waals surface area (Å²) in [7, 11) is 1.60. The predicted molar refractivity (Wildman–Crippen MR) is 143 cm³/mol. The van der Waals surface area contributed by atoms with E-state index in [1.807, 2.05) is 48.5 Å². The average molecular weight is 520 g/mol. The number of β-amino-alcohol motifs (C(OH)–C–C–N with tert-alkyl or cyclic N) is 1. The SMILES string of the molecule is C=CCOC(=O)C1(NC(=O)OCc2ccccc2)CCN(C[C@H](O)c2ccnc3ccc(OC)cc23)CC1. The van der Waals surface area contributed by atoms with E-state index in [2.05, 4.69) is 21.8 Å². The Morgan fingerprint density at radius 2 is 1.92 bits per heavy atom. The Hall–Kier alpha value is -3.95. The van der Waals surface area contributed by atoms with Crippen molar-refractivity contribution in [3.05, 3.63) is 84.6 Å². The number of pyridine rings is 1. The van der Waals surface area contributed by atoms with Gasteiger partial charge in [-0.2, -0.15) is 0 Å². The van der Waals surface area contributed by atoms with Crippen LogP contribution in [0.2, 0.25) is 0 Å². The number of nitrogens with one attached hydrogen (secondary N) is 1. The summed E-state index contributed by atoms with van der Waals surface area (Å²) in [5.74, 6) is 0.159.